The lowest BCUT2D eigenvalue weighted by Crippen LogP contribution is -2.19. The maximum Gasteiger partial charge on any atom is 0.344 e. The normalized spacial score (nSPS) is 10.6. The predicted molar refractivity (Wildman–Crippen MR) is 89.0 cm³/mol. The van der Waals surface area contributed by atoms with Crippen molar-refractivity contribution in [1.29, 1.82) is 0 Å². The standard InChI is InChI=1S/C17H12BrNO3/c1-22-17(21)14-15(10-5-3-2-4-6-10)19-13-8-7-11(18)9-12(13)16(14)20/h2-9H,1H3,(H,19,20). The number of halogens is 1. The smallest absolute Gasteiger partial charge is 0.344 e. The van der Waals surface area contributed by atoms with Crippen LogP contribution in [0.25, 0.3) is 22.2 Å². The quantitative estimate of drug-likeness (QED) is 0.710. The number of carbonyl (C=O) groups is 1. The van der Waals surface area contributed by atoms with Crippen molar-refractivity contribution in [2.24, 2.45) is 0 Å². The molecular weight excluding hydrogens is 346 g/mol. The number of nitrogens with one attached hydrogen (secondary N) is 1. The summed E-state index contributed by atoms with van der Waals surface area (Å²) in [7, 11) is 1.27. The molecule has 0 unspecified atom stereocenters. The second kappa shape index (κ2) is 5.77. The van der Waals surface area contributed by atoms with Gasteiger partial charge in [-0.2, -0.15) is 0 Å². The van der Waals surface area contributed by atoms with E-state index in [1.54, 1.807) is 12.1 Å². The molecular formula is C17H12BrNO3. The number of H-pyrrole nitrogens is 1. The van der Waals surface area contributed by atoms with E-state index in [2.05, 4.69) is 20.9 Å². The summed E-state index contributed by atoms with van der Waals surface area (Å²) in [5, 5.41) is 0.439. The van der Waals surface area contributed by atoms with Gasteiger partial charge < -0.3 is 9.72 Å². The van der Waals surface area contributed by atoms with Gasteiger partial charge in [-0.3, -0.25) is 4.79 Å². The lowest BCUT2D eigenvalue weighted by Gasteiger charge is -2.10. The average Bonchev–Trinajstić information content (AvgIpc) is 2.55. The Hall–Kier alpha value is -2.40. The first-order chi connectivity index (χ1) is 10.6. The Kier molecular flexibility index (Phi) is 3.81. The fourth-order valence-corrected chi connectivity index (χ4v) is 2.74. The second-order valence-corrected chi connectivity index (χ2v) is 5.67. The fourth-order valence-electron chi connectivity index (χ4n) is 2.38. The number of carbonyl (C=O) groups excluding carboxylic acids is 1. The monoisotopic (exact) mass is 357 g/mol. The number of rotatable bonds is 2. The van der Waals surface area contributed by atoms with E-state index in [1.165, 1.54) is 7.11 Å². The largest absolute Gasteiger partial charge is 0.465 e. The maximum atomic E-state index is 12.7. The lowest BCUT2D eigenvalue weighted by atomic mass is 10.0. The van der Waals surface area contributed by atoms with Gasteiger partial charge in [0.25, 0.3) is 0 Å². The molecule has 0 bridgehead atoms. The van der Waals surface area contributed by atoms with E-state index in [0.29, 0.717) is 16.6 Å². The molecule has 3 aromatic rings. The summed E-state index contributed by atoms with van der Waals surface area (Å²) in [6.07, 6.45) is 0. The average molecular weight is 358 g/mol. The van der Waals surface area contributed by atoms with Gasteiger partial charge in [0.15, 0.2) is 0 Å². The van der Waals surface area contributed by atoms with Crippen LogP contribution in [0.3, 0.4) is 0 Å². The van der Waals surface area contributed by atoms with Crippen LogP contribution in [0.15, 0.2) is 57.8 Å². The number of hydrogen-bond donors (Lipinski definition) is 1. The van der Waals surface area contributed by atoms with Gasteiger partial charge in [-0.1, -0.05) is 46.3 Å². The van der Waals surface area contributed by atoms with Gasteiger partial charge in [-0.25, -0.2) is 4.79 Å². The molecule has 0 aliphatic carbocycles. The minimum Gasteiger partial charge on any atom is -0.465 e. The molecule has 0 amide bonds. The van der Waals surface area contributed by atoms with Gasteiger partial charge in [0.2, 0.25) is 5.43 Å². The molecule has 0 saturated carbocycles. The molecule has 5 heteroatoms. The number of benzene rings is 2. The molecule has 22 heavy (non-hydrogen) atoms. The van der Waals surface area contributed by atoms with Crippen molar-refractivity contribution in [2.75, 3.05) is 7.11 Å². The first kappa shape index (κ1) is 14.5. The van der Waals surface area contributed by atoms with Crippen LogP contribution in [-0.4, -0.2) is 18.1 Å². The Morgan fingerprint density at radius 3 is 2.55 bits per heavy atom. The summed E-state index contributed by atoms with van der Waals surface area (Å²) in [6, 6.07) is 14.6. The number of esters is 1. The van der Waals surface area contributed by atoms with Gasteiger partial charge in [0.1, 0.15) is 5.56 Å². The Morgan fingerprint density at radius 1 is 1.14 bits per heavy atom. The van der Waals surface area contributed by atoms with Gasteiger partial charge in [-0.15, -0.1) is 0 Å². The zero-order chi connectivity index (χ0) is 15.7. The molecule has 1 heterocycles. The molecule has 1 aromatic heterocycles. The van der Waals surface area contributed by atoms with Crippen LogP contribution in [0.2, 0.25) is 0 Å². The summed E-state index contributed by atoms with van der Waals surface area (Å²) < 4.78 is 5.56. The van der Waals surface area contributed by atoms with Crippen LogP contribution < -0.4 is 5.43 Å². The summed E-state index contributed by atoms with van der Waals surface area (Å²) in [6.45, 7) is 0. The van der Waals surface area contributed by atoms with Crippen LogP contribution in [0.5, 0.6) is 0 Å². The number of aromatic amines is 1. The number of aromatic nitrogens is 1. The van der Waals surface area contributed by atoms with Crippen LogP contribution in [0.4, 0.5) is 0 Å². The minimum atomic E-state index is -0.651. The maximum absolute atomic E-state index is 12.7. The third-order valence-corrected chi connectivity index (χ3v) is 3.91. The Bertz CT molecular complexity index is 916. The number of pyridine rings is 1. The molecule has 2 aromatic carbocycles. The van der Waals surface area contributed by atoms with Crippen LogP contribution in [-0.2, 0) is 4.74 Å². The van der Waals surface area contributed by atoms with Crippen molar-refractivity contribution in [3.8, 4) is 11.3 Å². The van der Waals surface area contributed by atoms with Crippen molar-refractivity contribution in [3.05, 3.63) is 68.8 Å². The zero-order valence-electron chi connectivity index (χ0n) is 11.7. The zero-order valence-corrected chi connectivity index (χ0v) is 13.3. The molecule has 1 N–H and O–H groups in total. The third kappa shape index (κ3) is 2.44. The summed E-state index contributed by atoms with van der Waals surface area (Å²) in [5.74, 6) is -0.651. The fraction of sp³-hybridized carbons (Fsp3) is 0.0588. The SMILES string of the molecule is COC(=O)c1c(-c2ccccc2)[nH]c2ccc(Br)cc2c1=O. The third-order valence-electron chi connectivity index (χ3n) is 3.41. The molecule has 110 valence electrons. The molecule has 0 atom stereocenters. The lowest BCUT2D eigenvalue weighted by molar-refractivity contribution is 0.0600. The van der Waals surface area contributed by atoms with Crippen molar-refractivity contribution in [1.82, 2.24) is 4.98 Å². The Morgan fingerprint density at radius 2 is 1.86 bits per heavy atom. The summed E-state index contributed by atoms with van der Waals surface area (Å²) in [5.41, 5.74) is 1.55. The summed E-state index contributed by atoms with van der Waals surface area (Å²) >= 11 is 3.34. The highest BCUT2D eigenvalue weighted by Crippen LogP contribution is 2.24. The van der Waals surface area contributed by atoms with Gasteiger partial charge in [-0.05, 0) is 23.8 Å². The number of ether oxygens (including phenoxy) is 1. The van der Waals surface area contributed by atoms with E-state index in [4.69, 9.17) is 4.74 Å². The molecule has 0 spiro atoms. The molecule has 4 nitrogen and oxygen atoms in total. The molecule has 0 aliphatic heterocycles. The number of hydrogen-bond acceptors (Lipinski definition) is 3. The van der Waals surface area contributed by atoms with Crippen molar-refractivity contribution < 1.29 is 9.53 Å². The number of methoxy groups -OCH3 is 1. The van der Waals surface area contributed by atoms with Crippen molar-refractivity contribution in [3.63, 3.8) is 0 Å². The van der Waals surface area contributed by atoms with Gasteiger partial charge in [0.05, 0.1) is 12.8 Å². The highest BCUT2D eigenvalue weighted by atomic mass is 79.9. The molecule has 0 saturated heterocycles. The van der Waals surface area contributed by atoms with E-state index in [0.717, 1.165) is 10.0 Å². The topological polar surface area (TPSA) is 59.2 Å². The predicted octanol–water partition coefficient (Wildman–Crippen LogP) is 3.74. The molecule has 0 fully saturated rings. The van der Waals surface area contributed by atoms with E-state index in [-0.39, 0.29) is 11.0 Å². The van der Waals surface area contributed by atoms with Crippen LogP contribution in [0.1, 0.15) is 10.4 Å². The molecule has 0 radical (unpaired) electrons. The first-order valence-electron chi connectivity index (χ1n) is 6.61. The van der Waals surface area contributed by atoms with E-state index >= 15 is 0 Å². The second-order valence-electron chi connectivity index (χ2n) is 4.75. The van der Waals surface area contributed by atoms with Crippen molar-refractivity contribution in [2.45, 2.75) is 0 Å². The summed E-state index contributed by atoms with van der Waals surface area (Å²) in [4.78, 5) is 28.0. The first-order valence-corrected chi connectivity index (χ1v) is 7.40. The molecule has 0 aliphatic rings. The Balaban J connectivity index is 2.42. The Labute approximate surface area is 134 Å². The minimum absolute atomic E-state index is 0.0132. The van der Waals surface area contributed by atoms with E-state index < -0.39 is 5.97 Å². The van der Waals surface area contributed by atoms with Crippen LogP contribution >= 0.6 is 15.9 Å². The van der Waals surface area contributed by atoms with Gasteiger partial charge >= 0.3 is 5.97 Å². The molecule has 3 rings (SSSR count). The highest BCUT2D eigenvalue weighted by Gasteiger charge is 2.20. The highest BCUT2D eigenvalue weighted by molar-refractivity contribution is 9.10. The van der Waals surface area contributed by atoms with Gasteiger partial charge in [0, 0.05) is 15.4 Å². The number of fused-ring (bicyclic) bond motifs is 1. The van der Waals surface area contributed by atoms with Crippen molar-refractivity contribution >= 4 is 32.8 Å². The van der Waals surface area contributed by atoms with Crippen LogP contribution in [0, 0.1) is 0 Å². The van der Waals surface area contributed by atoms with E-state index in [9.17, 15) is 9.59 Å². The van der Waals surface area contributed by atoms with E-state index in [1.807, 2.05) is 36.4 Å².